The molecule has 1 aromatic rings. The van der Waals surface area contributed by atoms with E-state index in [4.69, 9.17) is 16.3 Å². The number of carbonyl (C=O) groups excluding carboxylic acids is 1. The number of urea groups is 1. The lowest BCUT2D eigenvalue weighted by Gasteiger charge is -2.08. The second-order valence-corrected chi connectivity index (χ2v) is 3.76. The fourth-order valence-electron chi connectivity index (χ4n) is 1.25. The average molecular weight is 257 g/mol. The van der Waals surface area contributed by atoms with Gasteiger partial charge in [-0.05, 0) is 37.6 Å². The Morgan fingerprint density at radius 2 is 2.06 bits per heavy atom. The number of anilines is 1. The monoisotopic (exact) mass is 256 g/mol. The number of benzene rings is 1. The standard InChI is InChI=1S/C12H17ClN2O2/c1-2-17-11-6-4-10(5-7-11)15-12(16)14-9-3-8-13/h4-7H,2-3,8-9H2,1H3,(H2,14,15,16). The molecule has 0 bridgehead atoms. The van der Waals surface area contributed by atoms with Crippen molar-refractivity contribution in [1.29, 1.82) is 0 Å². The number of carbonyl (C=O) groups is 1. The first-order valence-corrected chi connectivity index (χ1v) is 6.13. The Hall–Kier alpha value is -1.42. The Morgan fingerprint density at radius 3 is 2.65 bits per heavy atom. The van der Waals surface area contributed by atoms with E-state index in [0.717, 1.165) is 17.9 Å². The molecule has 0 heterocycles. The maximum Gasteiger partial charge on any atom is 0.319 e. The maximum atomic E-state index is 11.4. The van der Waals surface area contributed by atoms with E-state index in [-0.39, 0.29) is 6.03 Å². The minimum absolute atomic E-state index is 0.223. The summed E-state index contributed by atoms with van der Waals surface area (Å²) in [4.78, 5) is 11.4. The first kappa shape index (κ1) is 13.6. The van der Waals surface area contributed by atoms with Crippen molar-refractivity contribution in [2.45, 2.75) is 13.3 Å². The topological polar surface area (TPSA) is 50.4 Å². The third kappa shape index (κ3) is 5.45. The summed E-state index contributed by atoms with van der Waals surface area (Å²) in [5.41, 5.74) is 0.733. The molecular weight excluding hydrogens is 240 g/mol. The lowest BCUT2D eigenvalue weighted by Crippen LogP contribution is -2.29. The van der Waals surface area contributed by atoms with Gasteiger partial charge in [-0.15, -0.1) is 11.6 Å². The van der Waals surface area contributed by atoms with Crippen LogP contribution in [-0.4, -0.2) is 25.1 Å². The molecule has 1 aromatic carbocycles. The number of amides is 2. The minimum Gasteiger partial charge on any atom is -0.494 e. The van der Waals surface area contributed by atoms with E-state index < -0.39 is 0 Å². The predicted molar refractivity (Wildman–Crippen MR) is 70.0 cm³/mol. The van der Waals surface area contributed by atoms with Crippen LogP contribution in [0.1, 0.15) is 13.3 Å². The number of rotatable bonds is 6. The smallest absolute Gasteiger partial charge is 0.319 e. The summed E-state index contributed by atoms with van der Waals surface area (Å²) < 4.78 is 5.30. The number of nitrogens with one attached hydrogen (secondary N) is 2. The molecule has 4 nitrogen and oxygen atoms in total. The van der Waals surface area contributed by atoms with Gasteiger partial charge in [0, 0.05) is 18.1 Å². The van der Waals surface area contributed by atoms with Crippen LogP contribution in [0, 0.1) is 0 Å². The molecule has 0 fully saturated rings. The van der Waals surface area contributed by atoms with E-state index in [2.05, 4.69) is 10.6 Å². The zero-order chi connectivity index (χ0) is 12.5. The fraction of sp³-hybridized carbons (Fsp3) is 0.417. The van der Waals surface area contributed by atoms with E-state index in [0.29, 0.717) is 19.0 Å². The normalized spacial score (nSPS) is 9.76. The van der Waals surface area contributed by atoms with Gasteiger partial charge >= 0.3 is 6.03 Å². The molecule has 0 saturated carbocycles. The Labute approximate surface area is 106 Å². The lowest BCUT2D eigenvalue weighted by molar-refractivity contribution is 0.252. The Bertz CT molecular complexity index is 341. The van der Waals surface area contributed by atoms with Gasteiger partial charge in [-0.3, -0.25) is 0 Å². The SMILES string of the molecule is CCOc1ccc(NC(=O)NCCCCl)cc1. The molecule has 5 heteroatoms. The van der Waals surface area contributed by atoms with Gasteiger partial charge in [0.1, 0.15) is 5.75 Å². The summed E-state index contributed by atoms with van der Waals surface area (Å²) in [6.07, 6.45) is 0.762. The van der Waals surface area contributed by atoms with Crippen LogP contribution in [-0.2, 0) is 0 Å². The first-order chi connectivity index (χ1) is 8.26. The molecular formula is C12H17ClN2O2. The molecule has 94 valence electrons. The first-order valence-electron chi connectivity index (χ1n) is 5.60. The van der Waals surface area contributed by atoms with Crippen LogP contribution in [0.5, 0.6) is 5.75 Å². The zero-order valence-corrected chi connectivity index (χ0v) is 10.6. The van der Waals surface area contributed by atoms with Crippen molar-refractivity contribution in [3.05, 3.63) is 24.3 Å². The number of hydrogen-bond donors (Lipinski definition) is 2. The summed E-state index contributed by atoms with van der Waals surface area (Å²) in [5, 5.41) is 5.43. The largest absolute Gasteiger partial charge is 0.494 e. The summed E-state index contributed by atoms with van der Waals surface area (Å²) >= 11 is 5.51. The third-order valence-electron chi connectivity index (χ3n) is 2.02. The second-order valence-electron chi connectivity index (χ2n) is 3.38. The van der Waals surface area contributed by atoms with Gasteiger partial charge in [-0.25, -0.2) is 4.79 Å². The average Bonchev–Trinajstić information content (AvgIpc) is 2.32. The van der Waals surface area contributed by atoms with Gasteiger partial charge in [0.2, 0.25) is 0 Å². The number of hydrogen-bond acceptors (Lipinski definition) is 2. The van der Waals surface area contributed by atoms with Crippen molar-refractivity contribution in [2.24, 2.45) is 0 Å². The highest BCUT2D eigenvalue weighted by molar-refractivity contribution is 6.17. The van der Waals surface area contributed by atoms with Crippen molar-refractivity contribution in [3.63, 3.8) is 0 Å². The van der Waals surface area contributed by atoms with Gasteiger partial charge < -0.3 is 15.4 Å². The van der Waals surface area contributed by atoms with Crippen LogP contribution in [0.25, 0.3) is 0 Å². The Balaban J connectivity index is 2.37. The van der Waals surface area contributed by atoms with Crippen LogP contribution in [0.2, 0.25) is 0 Å². The summed E-state index contributed by atoms with van der Waals surface area (Å²) in [5.74, 6) is 1.34. The molecule has 2 amide bonds. The molecule has 0 spiro atoms. The van der Waals surface area contributed by atoms with Gasteiger partial charge in [0.15, 0.2) is 0 Å². The van der Waals surface area contributed by atoms with Crippen LogP contribution >= 0.6 is 11.6 Å². The molecule has 0 aliphatic rings. The van der Waals surface area contributed by atoms with Crippen LogP contribution in [0.4, 0.5) is 10.5 Å². The molecule has 0 unspecified atom stereocenters. The van der Waals surface area contributed by atoms with Gasteiger partial charge in [0.05, 0.1) is 6.61 Å². The van der Waals surface area contributed by atoms with Crippen molar-refractivity contribution < 1.29 is 9.53 Å². The maximum absolute atomic E-state index is 11.4. The van der Waals surface area contributed by atoms with E-state index in [1.807, 2.05) is 19.1 Å². The minimum atomic E-state index is -0.223. The van der Waals surface area contributed by atoms with Crippen LogP contribution < -0.4 is 15.4 Å². The molecule has 0 saturated heterocycles. The third-order valence-corrected chi connectivity index (χ3v) is 2.29. The highest BCUT2D eigenvalue weighted by Gasteiger charge is 2.00. The van der Waals surface area contributed by atoms with E-state index in [1.165, 1.54) is 0 Å². The zero-order valence-electron chi connectivity index (χ0n) is 9.83. The van der Waals surface area contributed by atoms with Crippen LogP contribution in [0.15, 0.2) is 24.3 Å². The molecule has 0 radical (unpaired) electrons. The molecule has 17 heavy (non-hydrogen) atoms. The second kappa shape index (κ2) is 7.79. The van der Waals surface area contributed by atoms with Crippen molar-refractivity contribution in [1.82, 2.24) is 5.32 Å². The highest BCUT2D eigenvalue weighted by Crippen LogP contribution is 2.15. The summed E-state index contributed by atoms with van der Waals surface area (Å²) in [6, 6.07) is 7.01. The number of halogens is 1. The van der Waals surface area contributed by atoms with Gasteiger partial charge in [-0.2, -0.15) is 0 Å². The van der Waals surface area contributed by atoms with E-state index in [1.54, 1.807) is 12.1 Å². The number of ether oxygens (including phenoxy) is 1. The van der Waals surface area contributed by atoms with Crippen molar-refractivity contribution >= 4 is 23.3 Å². The lowest BCUT2D eigenvalue weighted by atomic mass is 10.3. The van der Waals surface area contributed by atoms with E-state index in [9.17, 15) is 4.79 Å². The fourth-order valence-corrected chi connectivity index (χ4v) is 1.38. The molecule has 0 aliphatic carbocycles. The van der Waals surface area contributed by atoms with Crippen LogP contribution in [0.3, 0.4) is 0 Å². The molecule has 2 N–H and O–H groups in total. The summed E-state index contributed by atoms with van der Waals surface area (Å²) in [7, 11) is 0. The Kier molecular flexibility index (Phi) is 6.25. The van der Waals surface area contributed by atoms with Crippen molar-refractivity contribution in [2.75, 3.05) is 24.3 Å². The molecule has 0 atom stereocenters. The Morgan fingerprint density at radius 1 is 1.35 bits per heavy atom. The molecule has 1 rings (SSSR count). The quantitative estimate of drug-likeness (QED) is 0.607. The molecule has 0 aromatic heterocycles. The summed E-state index contributed by atoms with van der Waals surface area (Å²) in [6.45, 7) is 3.13. The van der Waals surface area contributed by atoms with Gasteiger partial charge in [0.25, 0.3) is 0 Å². The predicted octanol–water partition coefficient (Wildman–Crippen LogP) is 2.84. The highest BCUT2D eigenvalue weighted by atomic mass is 35.5. The van der Waals surface area contributed by atoms with E-state index >= 15 is 0 Å². The number of alkyl halides is 1. The van der Waals surface area contributed by atoms with Crippen molar-refractivity contribution in [3.8, 4) is 5.75 Å². The van der Waals surface area contributed by atoms with Gasteiger partial charge in [-0.1, -0.05) is 0 Å². The molecule has 0 aliphatic heterocycles.